The highest BCUT2D eigenvalue weighted by molar-refractivity contribution is 6.04. The van der Waals surface area contributed by atoms with Gasteiger partial charge in [-0.15, -0.1) is 0 Å². The molecule has 2 amide bonds. The van der Waals surface area contributed by atoms with Crippen LogP contribution in [0.25, 0.3) is 10.9 Å². The monoisotopic (exact) mass is 437 g/mol. The van der Waals surface area contributed by atoms with Gasteiger partial charge < -0.3 is 19.5 Å². The summed E-state index contributed by atoms with van der Waals surface area (Å²) in [4.78, 5) is 29.7. The van der Waals surface area contributed by atoms with Crippen molar-refractivity contribution < 1.29 is 14.3 Å². The molecule has 2 saturated carbocycles. The molecule has 1 N–H and O–H groups in total. The standard InChI is InChI=1S/C26H35N3O3/c1-26(25(31)27-19-9-5-3-4-6-10-19)17-28-22-16-21(32-2)14-13-18(22)15-23(28)24(30)29(26)20-11-7-8-12-20/h13-16,19-20H,3-12,17H2,1-2H3,(H,27,31). The first-order valence-corrected chi connectivity index (χ1v) is 12.3. The van der Waals surface area contributed by atoms with Gasteiger partial charge in [-0.05, 0) is 50.8 Å². The third kappa shape index (κ3) is 3.57. The van der Waals surface area contributed by atoms with Crippen LogP contribution in [-0.4, -0.2) is 46.0 Å². The van der Waals surface area contributed by atoms with Crippen molar-refractivity contribution in [3.05, 3.63) is 30.0 Å². The van der Waals surface area contributed by atoms with E-state index in [1.807, 2.05) is 40.7 Å². The van der Waals surface area contributed by atoms with Gasteiger partial charge in [-0.1, -0.05) is 38.5 Å². The molecule has 0 radical (unpaired) electrons. The van der Waals surface area contributed by atoms with Crippen LogP contribution in [0, 0.1) is 0 Å². The summed E-state index contributed by atoms with van der Waals surface area (Å²) in [5, 5.41) is 4.37. The molecule has 3 aliphatic rings. The molecular weight excluding hydrogens is 402 g/mol. The second-order valence-electron chi connectivity index (χ2n) is 10.1. The largest absolute Gasteiger partial charge is 0.497 e. The Morgan fingerprint density at radius 1 is 1.03 bits per heavy atom. The van der Waals surface area contributed by atoms with E-state index >= 15 is 0 Å². The number of ether oxygens (including phenoxy) is 1. The maximum atomic E-state index is 13.9. The van der Waals surface area contributed by atoms with Crippen molar-refractivity contribution in [3.63, 3.8) is 0 Å². The first-order chi connectivity index (χ1) is 15.5. The van der Waals surface area contributed by atoms with Crippen LogP contribution in [-0.2, 0) is 11.3 Å². The third-order valence-electron chi connectivity index (χ3n) is 7.92. The summed E-state index contributed by atoms with van der Waals surface area (Å²) >= 11 is 0. The van der Waals surface area contributed by atoms with Crippen molar-refractivity contribution in [3.8, 4) is 5.75 Å². The van der Waals surface area contributed by atoms with Crippen LogP contribution in [0.1, 0.15) is 81.6 Å². The molecule has 2 fully saturated rings. The Labute approximate surface area is 190 Å². The second-order valence-corrected chi connectivity index (χ2v) is 10.1. The maximum Gasteiger partial charge on any atom is 0.271 e. The van der Waals surface area contributed by atoms with E-state index in [1.54, 1.807) is 7.11 Å². The van der Waals surface area contributed by atoms with Crippen LogP contribution in [0.3, 0.4) is 0 Å². The summed E-state index contributed by atoms with van der Waals surface area (Å²) < 4.78 is 7.48. The number of hydrogen-bond acceptors (Lipinski definition) is 3. The van der Waals surface area contributed by atoms with Crippen molar-refractivity contribution in [2.75, 3.05) is 7.11 Å². The highest BCUT2D eigenvalue weighted by Crippen LogP contribution is 2.38. The number of carbonyl (C=O) groups excluding carboxylic acids is 2. The number of nitrogens with zero attached hydrogens (tertiary/aromatic N) is 2. The van der Waals surface area contributed by atoms with Crippen LogP contribution in [0.5, 0.6) is 5.75 Å². The quantitative estimate of drug-likeness (QED) is 0.709. The van der Waals surface area contributed by atoms with Crippen molar-refractivity contribution in [1.29, 1.82) is 0 Å². The minimum absolute atomic E-state index is 0.0000427. The van der Waals surface area contributed by atoms with Gasteiger partial charge in [0, 0.05) is 23.5 Å². The first kappa shape index (κ1) is 21.4. The molecule has 1 aromatic heterocycles. The fraction of sp³-hybridized carbons (Fsp3) is 0.615. The zero-order chi connectivity index (χ0) is 22.3. The number of methoxy groups -OCH3 is 1. The molecule has 5 rings (SSSR count). The molecule has 0 bridgehead atoms. The fourth-order valence-electron chi connectivity index (χ4n) is 6.12. The van der Waals surface area contributed by atoms with Crippen molar-refractivity contribution in [2.24, 2.45) is 0 Å². The maximum absolute atomic E-state index is 13.9. The van der Waals surface area contributed by atoms with Crippen LogP contribution in [0.4, 0.5) is 0 Å². The van der Waals surface area contributed by atoms with Crippen LogP contribution < -0.4 is 10.1 Å². The highest BCUT2D eigenvalue weighted by Gasteiger charge is 2.51. The number of benzene rings is 1. The summed E-state index contributed by atoms with van der Waals surface area (Å²) in [5.41, 5.74) is 0.729. The van der Waals surface area contributed by atoms with Gasteiger partial charge in [0.25, 0.3) is 5.91 Å². The average molecular weight is 438 g/mol. The summed E-state index contributed by atoms with van der Waals surface area (Å²) in [5.74, 6) is 0.741. The number of carbonyl (C=O) groups is 2. The average Bonchev–Trinajstić information content (AvgIpc) is 3.36. The molecular formula is C26H35N3O3. The molecule has 2 aliphatic carbocycles. The fourth-order valence-corrected chi connectivity index (χ4v) is 6.12. The van der Waals surface area contributed by atoms with Crippen molar-refractivity contribution >= 4 is 22.7 Å². The van der Waals surface area contributed by atoms with Gasteiger partial charge in [0.1, 0.15) is 17.0 Å². The lowest BCUT2D eigenvalue weighted by molar-refractivity contribution is -0.135. The Hall–Kier alpha value is -2.50. The Morgan fingerprint density at radius 3 is 2.41 bits per heavy atom. The molecule has 2 aromatic rings. The minimum Gasteiger partial charge on any atom is -0.497 e. The van der Waals surface area contributed by atoms with E-state index in [0.29, 0.717) is 12.2 Å². The van der Waals surface area contributed by atoms with Gasteiger partial charge in [0.2, 0.25) is 5.91 Å². The molecule has 2 heterocycles. The van der Waals surface area contributed by atoms with Gasteiger partial charge in [-0.2, -0.15) is 0 Å². The van der Waals surface area contributed by atoms with Gasteiger partial charge in [-0.3, -0.25) is 9.59 Å². The van der Waals surface area contributed by atoms with Gasteiger partial charge in [0.15, 0.2) is 0 Å². The predicted molar refractivity (Wildman–Crippen MR) is 125 cm³/mol. The molecule has 172 valence electrons. The lowest BCUT2D eigenvalue weighted by Gasteiger charge is -2.47. The predicted octanol–water partition coefficient (Wildman–Crippen LogP) is 4.65. The number of hydrogen-bond donors (Lipinski definition) is 1. The Morgan fingerprint density at radius 2 is 1.72 bits per heavy atom. The van der Waals surface area contributed by atoms with E-state index in [9.17, 15) is 9.59 Å². The summed E-state index contributed by atoms with van der Waals surface area (Å²) in [6.07, 6.45) is 11.1. The second kappa shape index (κ2) is 8.45. The summed E-state index contributed by atoms with van der Waals surface area (Å²) in [6.45, 7) is 2.45. The summed E-state index contributed by atoms with van der Waals surface area (Å²) in [6, 6.07) is 8.21. The minimum atomic E-state index is -0.902. The van der Waals surface area contributed by atoms with Gasteiger partial charge in [-0.25, -0.2) is 0 Å². The van der Waals surface area contributed by atoms with Gasteiger partial charge in [0.05, 0.1) is 19.2 Å². The molecule has 1 aliphatic heterocycles. The molecule has 32 heavy (non-hydrogen) atoms. The van der Waals surface area contributed by atoms with E-state index in [2.05, 4.69) is 5.32 Å². The van der Waals surface area contributed by atoms with Crippen LogP contribution >= 0.6 is 0 Å². The zero-order valence-electron chi connectivity index (χ0n) is 19.4. The highest BCUT2D eigenvalue weighted by atomic mass is 16.5. The smallest absolute Gasteiger partial charge is 0.271 e. The SMILES string of the molecule is COc1ccc2cc3n(c2c1)CC(C)(C(=O)NC1CCCCCC1)N(C1CCCC1)C3=O. The molecule has 6 heteroatoms. The number of fused-ring (bicyclic) bond motifs is 3. The number of aromatic nitrogens is 1. The molecule has 1 atom stereocenters. The topological polar surface area (TPSA) is 63.6 Å². The molecule has 0 saturated heterocycles. The van der Waals surface area contributed by atoms with E-state index in [1.165, 1.54) is 25.7 Å². The number of amides is 2. The normalized spacial score (nSPS) is 25.1. The van der Waals surface area contributed by atoms with E-state index in [4.69, 9.17) is 4.74 Å². The lowest BCUT2D eigenvalue weighted by atomic mass is 9.91. The van der Waals surface area contributed by atoms with Gasteiger partial charge >= 0.3 is 0 Å². The molecule has 1 unspecified atom stereocenters. The van der Waals surface area contributed by atoms with Crippen molar-refractivity contribution in [2.45, 2.75) is 95.3 Å². The summed E-state index contributed by atoms with van der Waals surface area (Å²) in [7, 11) is 1.65. The van der Waals surface area contributed by atoms with E-state index in [0.717, 1.165) is 55.2 Å². The van der Waals surface area contributed by atoms with Crippen molar-refractivity contribution in [1.82, 2.24) is 14.8 Å². The lowest BCUT2D eigenvalue weighted by Crippen LogP contribution is -2.67. The van der Waals surface area contributed by atoms with E-state index < -0.39 is 5.54 Å². The zero-order valence-corrected chi connectivity index (χ0v) is 19.4. The number of rotatable bonds is 4. The Bertz CT molecular complexity index is 1010. The molecule has 1 aromatic carbocycles. The van der Waals surface area contributed by atoms with Crippen LogP contribution in [0.2, 0.25) is 0 Å². The Kier molecular flexibility index (Phi) is 5.64. The van der Waals surface area contributed by atoms with Crippen LogP contribution in [0.15, 0.2) is 24.3 Å². The molecule has 6 nitrogen and oxygen atoms in total. The number of nitrogens with one attached hydrogen (secondary N) is 1. The third-order valence-corrected chi connectivity index (χ3v) is 7.92. The Balaban J connectivity index is 1.55. The first-order valence-electron chi connectivity index (χ1n) is 12.3. The molecule has 0 spiro atoms. The van der Waals surface area contributed by atoms with E-state index in [-0.39, 0.29) is 23.9 Å².